The van der Waals surface area contributed by atoms with Crippen LogP contribution in [-0.2, 0) is 5.75 Å². The van der Waals surface area contributed by atoms with Crippen LogP contribution >= 0.6 is 23.4 Å². The number of aryl methyl sites for hydroxylation is 1. The van der Waals surface area contributed by atoms with E-state index in [1.165, 1.54) is 5.56 Å². The molecule has 0 aliphatic carbocycles. The van der Waals surface area contributed by atoms with Crippen LogP contribution in [0.1, 0.15) is 28.2 Å². The lowest BCUT2D eigenvalue weighted by atomic mass is 10.2. The van der Waals surface area contributed by atoms with Gasteiger partial charge in [-0.1, -0.05) is 23.7 Å². The number of carbonyl (C=O) groups is 1. The Balaban J connectivity index is 1.59. The summed E-state index contributed by atoms with van der Waals surface area (Å²) in [6, 6.07) is 7.87. The number of carbonyl (C=O) groups excluding carboxylic acids is 1. The Bertz CT molecular complexity index is 585. The lowest BCUT2D eigenvalue weighted by Gasteiger charge is -2.04. The van der Waals surface area contributed by atoms with Gasteiger partial charge >= 0.3 is 0 Å². The predicted octanol–water partition coefficient (Wildman–Crippen LogP) is 2.82. The van der Waals surface area contributed by atoms with Crippen LogP contribution < -0.4 is 5.32 Å². The van der Waals surface area contributed by atoms with Gasteiger partial charge in [-0.05, 0) is 36.8 Å². The molecule has 1 heterocycles. The van der Waals surface area contributed by atoms with Gasteiger partial charge in [0.25, 0.3) is 5.91 Å². The summed E-state index contributed by atoms with van der Waals surface area (Å²) in [6.45, 7) is 2.39. The van der Waals surface area contributed by atoms with Gasteiger partial charge in [0.1, 0.15) is 0 Å². The third-order valence-electron chi connectivity index (χ3n) is 2.87. The molecule has 2 rings (SSSR count). The monoisotopic (exact) mass is 324 g/mol. The highest BCUT2D eigenvalue weighted by molar-refractivity contribution is 7.98. The highest BCUT2D eigenvalue weighted by atomic mass is 35.5. The zero-order chi connectivity index (χ0) is 15.1. The van der Waals surface area contributed by atoms with Gasteiger partial charge < -0.3 is 5.32 Å². The molecule has 0 aliphatic rings. The fraction of sp³-hybridized carbons (Fsp3) is 0.357. The van der Waals surface area contributed by atoms with Crippen molar-refractivity contribution in [1.29, 1.82) is 0 Å². The molecule has 0 radical (unpaired) electrons. The van der Waals surface area contributed by atoms with E-state index < -0.39 is 0 Å². The molecular weight excluding hydrogens is 308 g/mol. The zero-order valence-electron chi connectivity index (χ0n) is 11.7. The fourth-order valence-electron chi connectivity index (χ4n) is 1.73. The summed E-state index contributed by atoms with van der Waals surface area (Å²) in [5.74, 6) is 1.76. The van der Waals surface area contributed by atoms with E-state index in [1.54, 1.807) is 6.92 Å². The van der Waals surface area contributed by atoms with Crippen molar-refractivity contribution in [1.82, 2.24) is 20.7 Å². The molecule has 0 spiro atoms. The number of aromatic amines is 1. The molecule has 5 nitrogen and oxygen atoms in total. The first-order chi connectivity index (χ1) is 10.2. The van der Waals surface area contributed by atoms with Crippen LogP contribution in [0, 0.1) is 6.92 Å². The number of H-pyrrole nitrogens is 1. The van der Waals surface area contributed by atoms with Crippen LogP contribution in [0.15, 0.2) is 24.3 Å². The van der Waals surface area contributed by atoms with E-state index in [2.05, 4.69) is 20.7 Å². The molecule has 0 bridgehead atoms. The van der Waals surface area contributed by atoms with Crippen molar-refractivity contribution in [2.45, 2.75) is 19.1 Å². The van der Waals surface area contributed by atoms with Gasteiger partial charge in [0.05, 0.1) is 5.69 Å². The molecule has 1 aromatic heterocycles. The number of halogens is 1. The van der Waals surface area contributed by atoms with E-state index in [-0.39, 0.29) is 5.91 Å². The van der Waals surface area contributed by atoms with Gasteiger partial charge in [0.15, 0.2) is 5.69 Å². The highest BCUT2D eigenvalue weighted by Gasteiger charge is 2.11. The Morgan fingerprint density at radius 3 is 2.76 bits per heavy atom. The Morgan fingerprint density at radius 2 is 2.10 bits per heavy atom. The van der Waals surface area contributed by atoms with Crippen molar-refractivity contribution >= 4 is 29.3 Å². The molecule has 0 unspecified atom stereocenters. The molecule has 0 saturated heterocycles. The van der Waals surface area contributed by atoms with Gasteiger partial charge in [-0.25, -0.2) is 0 Å². The van der Waals surface area contributed by atoms with E-state index in [4.69, 9.17) is 11.6 Å². The van der Waals surface area contributed by atoms with Crippen molar-refractivity contribution in [2.75, 3.05) is 12.3 Å². The normalized spacial score (nSPS) is 10.6. The number of rotatable bonds is 7. The average molecular weight is 325 g/mol. The Hall–Kier alpha value is -1.53. The number of hydrogen-bond donors (Lipinski definition) is 2. The molecule has 21 heavy (non-hydrogen) atoms. The lowest BCUT2D eigenvalue weighted by Crippen LogP contribution is -2.25. The predicted molar refractivity (Wildman–Crippen MR) is 85.7 cm³/mol. The smallest absolute Gasteiger partial charge is 0.273 e. The van der Waals surface area contributed by atoms with Crippen molar-refractivity contribution in [3.63, 3.8) is 0 Å². The number of aromatic nitrogens is 3. The molecule has 0 aliphatic heterocycles. The summed E-state index contributed by atoms with van der Waals surface area (Å²) in [4.78, 5) is 11.8. The maximum Gasteiger partial charge on any atom is 0.273 e. The SMILES string of the molecule is Cc1n[nH]nc1C(=O)NCCCSCc1ccc(Cl)cc1. The summed E-state index contributed by atoms with van der Waals surface area (Å²) in [5, 5.41) is 13.7. The van der Waals surface area contributed by atoms with E-state index >= 15 is 0 Å². The second-order valence-corrected chi connectivity index (χ2v) is 6.09. The van der Waals surface area contributed by atoms with Crippen molar-refractivity contribution in [3.8, 4) is 0 Å². The third kappa shape index (κ3) is 5.06. The standard InChI is InChI=1S/C14H17ClN4OS/c1-10-13(18-19-17-10)14(20)16-7-2-8-21-9-11-3-5-12(15)6-4-11/h3-6H,2,7-9H2,1H3,(H,16,20)(H,17,18,19). The number of nitrogens with one attached hydrogen (secondary N) is 2. The Morgan fingerprint density at radius 1 is 1.33 bits per heavy atom. The first-order valence-electron chi connectivity index (χ1n) is 6.64. The van der Waals surface area contributed by atoms with Gasteiger partial charge in [-0.3, -0.25) is 4.79 Å². The quantitative estimate of drug-likeness (QED) is 0.768. The summed E-state index contributed by atoms with van der Waals surface area (Å²) >= 11 is 7.67. The first-order valence-corrected chi connectivity index (χ1v) is 8.18. The summed E-state index contributed by atoms with van der Waals surface area (Å²) in [7, 11) is 0. The molecular formula is C14H17ClN4OS. The number of benzene rings is 1. The Labute approximate surface area is 132 Å². The topological polar surface area (TPSA) is 70.7 Å². The summed E-state index contributed by atoms with van der Waals surface area (Å²) in [5.41, 5.74) is 2.24. The number of hydrogen-bond acceptors (Lipinski definition) is 4. The molecule has 1 aromatic carbocycles. The molecule has 0 atom stereocenters. The molecule has 112 valence electrons. The number of thioether (sulfide) groups is 1. The Kier molecular flexibility index (Phi) is 6.07. The maximum absolute atomic E-state index is 11.8. The van der Waals surface area contributed by atoms with Crippen LogP contribution in [0.3, 0.4) is 0 Å². The molecule has 1 amide bonds. The molecule has 0 saturated carbocycles. The summed E-state index contributed by atoms with van der Waals surface area (Å²) < 4.78 is 0. The maximum atomic E-state index is 11.8. The average Bonchev–Trinajstić information content (AvgIpc) is 2.90. The number of amides is 1. The van der Waals surface area contributed by atoms with E-state index in [0.717, 1.165) is 22.9 Å². The van der Waals surface area contributed by atoms with E-state index in [9.17, 15) is 4.79 Å². The van der Waals surface area contributed by atoms with Crippen LogP contribution in [0.25, 0.3) is 0 Å². The minimum atomic E-state index is -0.177. The van der Waals surface area contributed by atoms with Gasteiger partial charge in [-0.15, -0.1) is 0 Å². The van der Waals surface area contributed by atoms with Crippen LogP contribution in [0.4, 0.5) is 0 Å². The van der Waals surface area contributed by atoms with Crippen LogP contribution in [0.5, 0.6) is 0 Å². The van der Waals surface area contributed by atoms with Crippen molar-refractivity contribution in [3.05, 3.63) is 46.2 Å². The van der Waals surface area contributed by atoms with E-state index in [0.29, 0.717) is 17.9 Å². The number of nitrogens with zero attached hydrogens (tertiary/aromatic N) is 2. The molecule has 2 N–H and O–H groups in total. The molecule has 0 fully saturated rings. The second kappa shape index (κ2) is 8.05. The third-order valence-corrected chi connectivity index (χ3v) is 4.24. The second-order valence-electron chi connectivity index (χ2n) is 4.55. The minimum absolute atomic E-state index is 0.177. The van der Waals surface area contributed by atoms with Crippen molar-refractivity contribution in [2.24, 2.45) is 0 Å². The fourth-order valence-corrected chi connectivity index (χ4v) is 2.78. The largest absolute Gasteiger partial charge is 0.351 e. The van der Waals surface area contributed by atoms with Gasteiger partial charge in [0, 0.05) is 17.3 Å². The highest BCUT2D eigenvalue weighted by Crippen LogP contribution is 2.15. The molecule has 7 heteroatoms. The van der Waals surface area contributed by atoms with E-state index in [1.807, 2.05) is 36.0 Å². The van der Waals surface area contributed by atoms with Gasteiger partial charge in [-0.2, -0.15) is 27.2 Å². The zero-order valence-corrected chi connectivity index (χ0v) is 13.3. The van der Waals surface area contributed by atoms with Crippen LogP contribution in [0.2, 0.25) is 5.02 Å². The summed E-state index contributed by atoms with van der Waals surface area (Å²) in [6.07, 6.45) is 0.918. The first kappa shape index (κ1) is 15.9. The van der Waals surface area contributed by atoms with Crippen molar-refractivity contribution < 1.29 is 4.79 Å². The van der Waals surface area contributed by atoms with Gasteiger partial charge in [0.2, 0.25) is 0 Å². The van der Waals surface area contributed by atoms with Crippen LogP contribution in [-0.4, -0.2) is 33.6 Å². The molecule has 2 aromatic rings. The lowest BCUT2D eigenvalue weighted by molar-refractivity contribution is 0.0948. The minimum Gasteiger partial charge on any atom is -0.351 e.